The van der Waals surface area contributed by atoms with Gasteiger partial charge in [-0.25, -0.2) is 4.79 Å². The molecule has 3 nitrogen and oxygen atoms in total. The summed E-state index contributed by atoms with van der Waals surface area (Å²) in [6, 6.07) is 7.65. The third-order valence-electron chi connectivity index (χ3n) is 1.91. The molecule has 0 atom stereocenters. The molecule has 0 aliphatic carbocycles. The van der Waals surface area contributed by atoms with Crippen molar-refractivity contribution in [3.8, 4) is 0 Å². The van der Waals surface area contributed by atoms with Crippen LogP contribution >= 0.6 is 15.9 Å². The van der Waals surface area contributed by atoms with Gasteiger partial charge in [-0.15, -0.1) is 0 Å². The molecule has 1 aromatic rings. The molecule has 0 saturated heterocycles. The molecule has 1 rings (SSSR count). The number of hydrogen-bond donors (Lipinski definition) is 1. The second-order valence-electron chi connectivity index (χ2n) is 2.93. The van der Waals surface area contributed by atoms with Crippen LogP contribution in [0.2, 0.25) is 0 Å². The first-order valence-corrected chi connectivity index (χ1v) is 5.15. The SMILES string of the molecule is CCN(Cc1cccc(Br)c1)C(=O)O. The molecular formula is C10H12BrNO2. The van der Waals surface area contributed by atoms with Crippen LogP contribution < -0.4 is 0 Å². The van der Waals surface area contributed by atoms with Gasteiger partial charge in [0.05, 0.1) is 0 Å². The third-order valence-corrected chi connectivity index (χ3v) is 2.41. The molecule has 76 valence electrons. The van der Waals surface area contributed by atoms with Gasteiger partial charge in [-0.2, -0.15) is 0 Å². The summed E-state index contributed by atoms with van der Waals surface area (Å²) in [5.74, 6) is 0. The van der Waals surface area contributed by atoms with E-state index in [9.17, 15) is 4.79 Å². The first-order valence-electron chi connectivity index (χ1n) is 4.35. The molecule has 1 N–H and O–H groups in total. The molecule has 0 aliphatic rings. The molecule has 0 saturated carbocycles. The van der Waals surface area contributed by atoms with Gasteiger partial charge in [-0.3, -0.25) is 0 Å². The van der Waals surface area contributed by atoms with Crippen LogP contribution in [-0.2, 0) is 6.54 Å². The lowest BCUT2D eigenvalue weighted by molar-refractivity contribution is 0.145. The molecule has 0 aliphatic heterocycles. The zero-order valence-corrected chi connectivity index (χ0v) is 9.49. The minimum Gasteiger partial charge on any atom is -0.465 e. The quantitative estimate of drug-likeness (QED) is 0.905. The normalized spacial score (nSPS) is 9.86. The van der Waals surface area contributed by atoms with Crippen molar-refractivity contribution in [2.24, 2.45) is 0 Å². The number of benzene rings is 1. The first-order chi connectivity index (χ1) is 6.63. The van der Waals surface area contributed by atoms with Gasteiger partial charge in [-0.05, 0) is 24.6 Å². The van der Waals surface area contributed by atoms with Crippen LogP contribution in [-0.4, -0.2) is 22.6 Å². The minimum absolute atomic E-state index is 0.436. The van der Waals surface area contributed by atoms with Gasteiger partial charge < -0.3 is 10.0 Å². The Balaban J connectivity index is 2.72. The first kappa shape index (κ1) is 11.0. The van der Waals surface area contributed by atoms with Crippen molar-refractivity contribution in [3.05, 3.63) is 34.3 Å². The molecule has 0 aromatic heterocycles. The van der Waals surface area contributed by atoms with E-state index in [2.05, 4.69) is 15.9 Å². The van der Waals surface area contributed by atoms with E-state index in [1.54, 1.807) is 0 Å². The van der Waals surface area contributed by atoms with E-state index in [0.717, 1.165) is 10.0 Å². The van der Waals surface area contributed by atoms with E-state index < -0.39 is 6.09 Å². The van der Waals surface area contributed by atoms with E-state index in [0.29, 0.717) is 13.1 Å². The number of rotatable bonds is 3. The van der Waals surface area contributed by atoms with Crippen molar-refractivity contribution < 1.29 is 9.90 Å². The number of carboxylic acid groups (broad SMARTS) is 1. The monoisotopic (exact) mass is 257 g/mol. The summed E-state index contributed by atoms with van der Waals surface area (Å²) >= 11 is 3.35. The van der Waals surface area contributed by atoms with Crippen molar-refractivity contribution in [2.75, 3.05) is 6.54 Å². The van der Waals surface area contributed by atoms with E-state index in [-0.39, 0.29) is 0 Å². The molecule has 14 heavy (non-hydrogen) atoms. The lowest BCUT2D eigenvalue weighted by Crippen LogP contribution is -2.28. The summed E-state index contributed by atoms with van der Waals surface area (Å²) in [5, 5.41) is 8.82. The van der Waals surface area contributed by atoms with Gasteiger partial charge in [0.25, 0.3) is 0 Å². The molecule has 0 heterocycles. The smallest absolute Gasteiger partial charge is 0.407 e. The van der Waals surface area contributed by atoms with Crippen LogP contribution in [0.1, 0.15) is 12.5 Å². The van der Waals surface area contributed by atoms with Crippen LogP contribution in [0, 0.1) is 0 Å². The average Bonchev–Trinajstić information content (AvgIpc) is 2.14. The molecule has 0 bridgehead atoms. The number of hydrogen-bond acceptors (Lipinski definition) is 1. The summed E-state index contributed by atoms with van der Waals surface area (Å²) < 4.78 is 0.969. The van der Waals surface area contributed by atoms with Gasteiger partial charge in [0.2, 0.25) is 0 Å². The maximum atomic E-state index is 10.7. The Morgan fingerprint density at radius 2 is 2.29 bits per heavy atom. The molecule has 0 fully saturated rings. The third kappa shape index (κ3) is 3.03. The van der Waals surface area contributed by atoms with Crippen LogP contribution in [0.15, 0.2) is 28.7 Å². The van der Waals surface area contributed by atoms with Gasteiger partial charge in [-0.1, -0.05) is 28.1 Å². The zero-order chi connectivity index (χ0) is 10.6. The van der Waals surface area contributed by atoms with Crippen molar-refractivity contribution in [3.63, 3.8) is 0 Å². The highest BCUT2D eigenvalue weighted by Gasteiger charge is 2.09. The summed E-state index contributed by atoms with van der Waals surface area (Å²) in [7, 11) is 0. The molecule has 0 spiro atoms. The highest BCUT2D eigenvalue weighted by Crippen LogP contribution is 2.13. The van der Waals surface area contributed by atoms with Crippen molar-refractivity contribution in [2.45, 2.75) is 13.5 Å². The zero-order valence-electron chi connectivity index (χ0n) is 7.90. The van der Waals surface area contributed by atoms with E-state index in [4.69, 9.17) is 5.11 Å². The lowest BCUT2D eigenvalue weighted by Gasteiger charge is -2.16. The average molecular weight is 258 g/mol. The van der Waals surface area contributed by atoms with E-state index in [1.165, 1.54) is 4.90 Å². The van der Waals surface area contributed by atoms with E-state index in [1.807, 2.05) is 31.2 Å². The predicted octanol–water partition coefficient (Wildman–Crippen LogP) is 2.95. The Hall–Kier alpha value is -1.03. The fourth-order valence-electron chi connectivity index (χ4n) is 1.17. The molecule has 4 heteroatoms. The lowest BCUT2D eigenvalue weighted by atomic mass is 10.2. The number of nitrogens with zero attached hydrogens (tertiary/aromatic N) is 1. The molecular weight excluding hydrogens is 246 g/mol. The Morgan fingerprint density at radius 1 is 1.57 bits per heavy atom. The number of halogens is 1. The van der Waals surface area contributed by atoms with Crippen molar-refractivity contribution in [1.29, 1.82) is 0 Å². The predicted molar refractivity (Wildman–Crippen MR) is 58.3 cm³/mol. The van der Waals surface area contributed by atoms with Crippen LogP contribution in [0.3, 0.4) is 0 Å². The Kier molecular flexibility index (Phi) is 3.95. The Labute approximate surface area is 91.5 Å². The molecule has 1 amide bonds. The van der Waals surface area contributed by atoms with Gasteiger partial charge >= 0.3 is 6.09 Å². The van der Waals surface area contributed by atoms with Crippen LogP contribution in [0.25, 0.3) is 0 Å². The maximum absolute atomic E-state index is 10.7. The molecule has 0 unspecified atom stereocenters. The van der Waals surface area contributed by atoms with Crippen LogP contribution in [0.4, 0.5) is 4.79 Å². The fourth-order valence-corrected chi connectivity index (χ4v) is 1.62. The summed E-state index contributed by atoms with van der Waals surface area (Å²) in [4.78, 5) is 12.1. The fraction of sp³-hybridized carbons (Fsp3) is 0.300. The van der Waals surface area contributed by atoms with Crippen LogP contribution in [0.5, 0.6) is 0 Å². The Bertz CT molecular complexity index is 328. The minimum atomic E-state index is -0.882. The molecule has 1 aromatic carbocycles. The summed E-state index contributed by atoms with van der Waals surface area (Å²) in [5.41, 5.74) is 0.989. The Morgan fingerprint density at radius 3 is 2.79 bits per heavy atom. The highest BCUT2D eigenvalue weighted by molar-refractivity contribution is 9.10. The standard InChI is InChI=1S/C10H12BrNO2/c1-2-12(10(13)14)7-8-4-3-5-9(11)6-8/h3-6H,2,7H2,1H3,(H,13,14). The maximum Gasteiger partial charge on any atom is 0.407 e. The second kappa shape index (κ2) is 5.00. The number of amides is 1. The highest BCUT2D eigenvalue weighted by atomic mass is 79.9. The number of carbonyl (C=O) groups is 1. The summed E-state index contributed by atoms with van der Waals surface area (Å²) in [6.07, 6.45) is -0.882. The van der Waals surface area contributed by atoms with E-state index >= 15 is 0 Å². The van der Waals surface area contributed by atoms with Gasteiger partial charge in [0, 0.05) is 17.6 Å². The van der Waals surface area contributed by atoms with Crippen molar-refractivity contribution in [1.82, 2.24) is 4.90 Å². The van der Waals surface area contributed by atoms with Gasteiger partial charge in [0.1, 0.15) is 0 Å². The van der Waals surface area contributed by atoms with Gasteiger partial charge in [0.15, 0.2) is 0 Å². The van der Waals surface area contributed by atoms with Crippen molar-refractivity contribution >= 4 is 22.0 Å². The molecule has 0 radical (unpaired) electrons. The second-order valence-corrected chi connectivity index (χ2v) is 3.84. The summed E-state index contributed by atoms with van der Waals surface area (Å²) in [6.45, 7) is 2.76. The largest absolute Gasteiger partial charge is 0.465 e. The topological polar surface area (TPSA) is 40.5 Å².